The molecular weight excluding hydrogens is 759 g/mol. The number of urea groups is 2. The van der Waals surface area contributed by atoms with E-state index >= 15 is 0 Å². The van der Waals surface area contributed by atoms with Crippen LogP contribution in [0.15, 0.2) is 70.5 Å². The van der Waals surface area contributed by atoms with Crippen molar-refractivity contribution >= 4 is 55.4 Å². The Labute approximate surface area is 323 Å². The highest BCUT2D eigenvalue weighted by molar-refractivity contribution is 7.90. The maximum atomic E-state index is 13.6. The fourth-order valence-corrected chi connectivity index (χ4v) is 10.5. The van der Waals surface area contributed by atoms with Gasteiger partial charge in [0.15, 0.2) is 0 Å². The summed E-state index contributed by atoms with van der Waals surface area (Å²) in [6, 6.07) is 11.9. The fourth-order valence-electron chi connectivity index (χ4n) is 8.59. The van der Waals surface area contributed by atoms with E-state index in [4.69, 9.17) is 0 Å². The number of carbonyl (C=O) groups excluding carboxylic acids is 3. The van der Waals surface area contributed by atoms with Crippen LogP contribution in [0.5, 0.6) is 0 Å². The zero-order valence-electron chi connectivity index (χ0n) is 30.2. The molecule has 4 aliphatic rings. The summed E-state index contributed by atoms with van der Waals surface area (Å²) < 4.78 is 56.9. The monoisotopic (exact) mass is 797 g/mol. The number of rotatable bonds is 9. The predicted molar refractivity (Wildman–Crippen MR) is 206 cm³/mol. The lowest BCUT2D eigenvalue weighted by atomic mass is 9.97. The first-order chi connectivity index (χ1) is 26.8. The normalized spacial score (nSPS) is 16.6. The summed E-state index contributed by atoms with van der Waals surface area (Å²) in [6.45, 7) is 0. The summed E-state index contributed by atoms with van der Waals surface area (Å²) in [5.74, 6) is -1.85. The number of hydrogen-bond donors (Lipinski definition) is 6. The van der Waals surface area contributed by atoms with E-state index in [1.165, 1.54) is 53.6 Å². The number of fused-ring (bicyclic) bond motifs is 4. The van der Waals surface area contributed by atoms with Crippen LogP contribution in [0.1, 0.15) is 96.9 Å². The van der Waals surface area contributed by atoms with Crippen LogP contribution in [0.25, 0.3) is 0 Å². The van der Waals surface area contributed by atoms with Gasteiger partial charge in [-0.3, -0.25) is 4.79 Å². The van der Waals surface area contributed by atoms with Crippen molar-refractivity contribution in [1.82, 2.24) is 14.8 Å². The maximum absolute atomic E-state index is 13.6. The van der Waals surface area contributed by atoms with Crippen molar-refractivity contribution in [3.05, 3.63) is 116 Å². The van der Waals surface area contributed by atoms with Crippen LogP contribution < -0.4 is 25.4 Å². The predicted octanol–water partition coefficient (Wildman–Crippen LogP) is 5.29. The van der Waals surface area contributed by atoms with Gasteiger partial charge in [0.25, 0.3) is 26.0 Å². The Kier molecular flexibility index (Phi) is 9.56. The third-order valence-electron chi connectivity index (χ3n) is 11.1. The van der Waals surface area contributed by atoms with Gasteiger partial charge in [0, 0.05) is 16.9 Å². The number of carboxylic acids is 1. The molecule has 0 heterocycles. The molecule has 8 rings (SSSR count). The Morgan fingerprint density at radius 1 is 0.571 bits per heavy atom. The Hall–Kier alpha value is -5.74. The van der Waals surface area contributed by atoms with Crippen LogP contribution in [-0.4, -0.2) is 45.9 Å². The van der Waals surface area contributed by atoms with Crippen LogP contribution in [0.3, 0.4) is 0 Å². The first-order valence-electron chi connectivity index (χ1n) is 18.5. The molecule has 16 heteroatoms. The van der Waals surface area contributed by atoms with E-state index in [2.05, 4.69) is 26.7 Å². The second-order valence-electron chi connectivity index (χ2n) is 14.6. The third kappa shape index (κ3) is 7.09. The Balaban J connectivity index is 0.968. The summed E-state index contributed by atoms with van der Waals surface area (Å²) in [4.78, 5) is 50.7. The summed E-state index contributed by atoms with van der Waals surface area (Å²) >= 11 is 0. The van der Waals surface area contributed by atoms with Crippen molar-refractivity contribution in [3.8, 4) is 0 Å². The maximum Gasteiger partial charge on any atom is 0.335 e. The van der Waals surface area contributed by atoms with E-state index in [0.717, 1.165) is 90.8 Å². The highest BCUT2D eigenvalue weighted by Gasteiger charge is 2.33. The smallest absolute Gasteiger partial charge is 0.335 e. The number of carboxylic acid groups (broad SMARTS) is 1. The van der Waals surface area contributed by atoms with Crippen molar-refractivity contribution in [2.24, 2.45) is 0 Å². The zero-order valence-corrected chi connectivity index (χ0v) is 31.8. The molecule has 0 aromatic heterocycles. The summed E-state index contributed by atoms with van der Waals surface area (Å²) in [7, 11) is -8.77. The highest BCUT2D eigenvalue weighted by atomic mass is 32.2. The molecule has 1 unspecified atom stereocenters. The van der Waals surface area contributed by atoms with Gasteiger partial charge >= 0.3 is 18.0 Å². The Bertz CT molecular complexity index is 2560. The van der Waals surface area contributed by atoms with Gasteiger partial charge in [-0.25, -0.2) is 40.7 Å². The molecule has 5 amide bonds. The number of benzene rings is 4. The molecule has 56 heavy (non-hydrogen) atoms. The van der Waals surface area contributed by atoms with Crippen molar-refractivity contribution in [3.63, 3.8) is 0 Å². The van der Waals surface area contributed by atoms with E-state index in [1.807, 2.05) is 10.8 Å². The van der Waals surface area contributed by atoms with Crippen LogP contribution in [0.4, 0.5) is 21.0 Å². The molecule has 4 aromatic rings. The largest absolute Gasteiger partial charge is 0.478 e. The van der Waals surface area contributed by atoms with Gasteiger partial charge in [-0.2, -0.15) is 0 Å². The van der Waals surface area contributed by atoms with Gasteiger partial charge in [0.2, 0.25) is 0 Å². The van der Waals surface area contributed by atoms with Crippen LogP contribution in [-0.2, 0) is 65.0 Å². The van der Waals surface area contributed by atoms with Crippen molar-refractivity contribution in [1.29, 1.82) is 0 Å². The quantitative estimate of drug-likeness (QED) is 0.130. The van der Waals surface area contributed by atoms with Gasteiger partial charge in [0.05, 0.1) is 21.4 Å². The van der Waals surface area contributed by atoms with E-state index in [0.29, 0.717) is 30.6 Å². The number of nitrogens with one attached hydrogen (secondary N) is 5. The van der Waals surface area contributed by atoms with Gasteiger partial charge in [-0.15, -0.1) is 0 Å². The number of carbonyl (C=O) groups is 4. The number of anilines is 2. The number of sulfonamides is 2. The lowest BCUT2D eigenvalue weighted by molar-refractivity contribution is 0.0696. The minimum atomic E-state index is -4.41. The lowest BCUT2D eigenvalue weighted by Crippen LogP contribution is -2.35. The van der Waals surface area contributed by atoms with Gasteiger partial charge in [0.1, 0.15) is 0 Å². The number of aryl methyl sites for hydroxylation is 3. The highest BCUT2D eigenvalue weighted by Crippen LogP contribution is 2.43. The van der Waals surface area contributed by atoms with Crippen LogP contribution >= 0.6 is 0 Å². The number of amides is 5. The van der Waals surface area contributed by atoms with E-state index < -0.39 is 50.0 Å². The molecule has 6 N–H and O–H groups in total. The molecular formula is C40H39N5O9S2. The molecule has 4 aromatic carbocycles. The average molecular weight is 798 g/mol. The number of aromatic carboxylic acids is 1. The minimum Gasteiger partial charge on any atom is -0.478 e. The second-order valence-corrected chi connectivity index (χ2v) is 18.0. The van der Waals surface area contributed by atoms with Gasteiger partial charge in [-0.05, 0) is 152 Å². The molecule has 0 fully saturated rings. The van der Waals surface area contributed by atoms with Crippen molar-refractivity contribution in [2.75, 3.05) is 10.6 Å². The van der Waals surface area contributed by atoms with Crippen molar-refractivity contribution in [2.45, 2.75) is 86.5 Å². The van der Waals surface area contributed by atoms with Gasteiger partial charge < -0.3 is 21.1 Å². The Morgan fingerprint density at radius 3 is 1.59 bits per heavy atom. The second kappa shape index (κ2) is 14.4. The zero-order chi connectivity index (χ0) is 39.4. The third-order valence-corrected chi connectivity index (χ3v) is 13.8. The summed E-state index contributed by atoms with van der Waals surface area (Å²) in [6.07, 6.45) is 8.56. The van der Waals surface area contributed by atoms with E-state index in [-0.39, 0.29) is 20.9 Å². The molecule has 0 bridgehead atoms. The Morgan fingerprint density at radius 2 is 1.05 bits per heavy atom. The standard InChI is InChI=1S/C40H39N5O9S2/c46-37(25-9-1-11-27(19-25)55(51,52)44-39(49)42-35-29-13-3-6-22(29)18-23-7-4-14-30(23)35)41-34-17-16-32-33(34)21-24-8-5-15-31(24)36(32)43-40(50)45-56(53,54)28-12-2-10-26(20-28)38(47)48/h1-2,9-12,18-21,34H,3-8,13-17H2,(H,41,46)(H,47,48)(H2,42,44,49)(H2,43,45,50). The van der Waals surface area contributed by atoms with Crippen LogP contribution in [0.2, 0.25) is 0 Å². The average Bonchev–Trinajstić information content (AvgIpc) is 3.99. The van der Waals surface area contributed by atoms with E-state index in [9.17, 15) is 41.1 Å². The molecule has 0 radical (unpaired) electrons. The molecule has 0 spiro atoms. The summed E-state index contributed by atoms with van der Waals surface area (Å²) in [5, 5.41) is 17.8. The fraction of sp³-hybridized carbons (Fsp3) is 0.300. The molecule has 0 saturated carbocycles. The van der Waals surface area contributed by atoms with Crippen molar-refractivity contribution < 1.29 is 41.1 Å². The SMILES string of the molecule is O=C(Nc1c2c(cc3c1CCC3)CCC2)NS(=O)(=O)c1cccc(C(=O)NC2CCc3c2cc2c(c3NC(=O)NS(=O)(=O)c3cccc(C(=O)O)c3)CCC2)c1. The van der Waals surface area contributed by atoms with Crippen LogP contribution in [0, 0.1) is 0 Å². The van der Waals surface area contributed by atoms with Gasteiger partial charge in [-0.1, -0.05) is 24.3 Å². The molecule has 0 saturated heterocycles. The first kappa shape index (κ1) is 37.2. The van der Waals surface area contributed by atoms with E-state index in [1.54, 1.807) is 0 Å². The minimum absolute atomic E-state index is 0.0662. The molecule has 4 aliphatic carbocycles. The first-order valence-corrected chi connectivity index (χ1v) is 21.5. The number of hydrogen-bond acceptors (Lipinski definition) is 8. The topological polar surface area (TPSA) is 217 Å². The lowest BCUT2D eigenvalue weighted by Gasteiger charge is -2.19. The summed E-state index contributed by atoms with van der Waals surface area (Å²) in [5.41, 5.74) is 8.87. The molecule has 14 nitrogen and oxygen atoms in total. The molecule has 290 valence electrons. The molecule has 1 atom stereocenters. The molecule has 0 aliphatic heterocycles.